The van der Waals surface area contributed by atoms with Gasteiger partial charge >= 0.3 is 0 Å². The molecule has 1 fully saturated rings. The van der Waals surface area contributed by atoms with Gasteiger partial charge in [0.25, 0.3) is 5.91 Å². The zero-order valence-corrected chi connectivity index (χ0v) is 13.6. The van der Waals surface area contributed by atoms with E-state index in [-0.39, 0.29) is 11.9 Å². The molecule has 1 aliphatic heterocycles. The molecule has 1 saturated heterocycles. The fourth-order valence-electron chi connectivity index (χ4n) is 3.30. The number of hydrogen-bond donors (Lipinski definition) is 0. The van der Waals surface area contributed by atoms with E-state index in [9.17, 15) is 4.79 Å². The van der Waals surface area contributed by atoms with E-state index < -0.39 is 0 Å². The van der Waals surface area contributed by atoms with Gasteiger partial charge in [-0.15, -0.1) is 0 Å². The highest BCUT2D eigenvalue weighted by Crippen LogP contribution is 2.33. The maximum atomic E-state index is 13.0. The van der Waals surface area contributed by atoms with Crippen molar-refractivity contribution in [3.8, 4) is 0 Å². The second-order valence-corrected chi connectivity index (χ2v) is 5.92. The van der Waals surface area contributed by atoms with Crippen LogP contribution in [0.3, 0.4) is 0 Å². The molecule has 1 atom stereocenters. The molecule has 22 heavy (non-hydrogen) atoms. The quantitative estimate of drug-likeness (QED) is 0.874. The summed E-state index contributed by atoms with van der Waals surface area (Å²) in [7, 11) is 1.98. The maximum Gasteiger partial charge on any atom is 0.260 e. The van der Waals surface area contributed by atoms with Crippen molar-refractivity contribution in [3.63, 3.8) is 0 Å². The van der Waals surface area contributed by atoms with Crippen LogP contribution >= 0.6 is 0 Å². The van der Waals surface area contributed by atoms with Gasteiger partial charge in [-0.25, -0.2) is 4.98 Å². The van der Waals surface area contributed by atoms with Crippen LogP contribution < -0.4 is 0 Å². The number of likely N-dealkylation sites (tertiary alicyclic amines) is 1. The van der Waals surface area contributed by atoms with E-state index in [4.69, 9.17) is 4.52 Å². The predicted molar refractivity (Wildman–Crippen MR) is 81.6 cm³/mol. The molecule has 0 radical (unpaired) electrons. The third kappa shape index (κ3) is 2.32. The van der Waals surface area contributed by atoms with Crippen molar-refractivity contribution in [1.82, 2.24) is 19.6 Å². The molecule has 3 rings (SSSR count). The largest absolute Gasteiger partial charge is 0.361 e. The lowest BCUT2D eigenvalue weighted by Gasteiger charge is -2.24. The van der Waals surface area contributed by atoms with Gasteiger partial charge in [-0.3, -0.25) is 4.79 Å². The summed E-state index contributed by atoms with van der Waals surface area (Å²) in [5.41, 5.74) is 2.34. The maximum absolute atomic E-state index is 13.0. The predicted octanol–water partition coefficient (Wildman–Crippen LogP) is 2.56. The Morgan fingerprint density at radius 2 is 2.23 bits per heavy atom. The SMILES string of the molecule is CCc1noc(C)c1C(=O)N1CCCC1c1nc(C)cn1C. The molecular weight excluding hydrogens is 280 g/mol. The van der Waals surface area contributed by atoms with E-state index in [1.807, 2.05) is 36.6 Å². The molecule has 1 amide bonds. The molecule has 0 N–H and O–H groups in total. The second kappa shape index (κ2) is 5.59. The Labute approximate surface area is 130 Å². The van der Waals surface area contributed by atoms with Crippen molar-refractivity contribution < 1.29 is 9.32 Å². The number of imidazole rings is 1. The molecule has 0 bridgehead atoms. The molecule has 2 aromatic rings. The summed E-state index contributed by atoms with van der Waals surface area (Å²) in [6, 6.07) is 0.0326. The normalized spacial score (nSPS) is 18.2. The first-order valence-electron chi connectivity index (χ1n) is 7.78. The van der Waals surface area contributed by atoms with Gasteiger partial charge in [0.15, 0.2) is 0 Å². The van der Waals surface area contributed by atoms with Gasteiger partial charge < -0.3 is 14.0 Å². The Hall–Kier alpha value is -2.11. The third-order valence-electron chi connectivity index (χ3n) is 4.33. The third-order valence-corrected chi connectivity index (χ3v) is 4.33. The number of aromatic nitrogens is 3. The summed E-state index contributed by atoms with van der Waals surface area (Å²) < 4.78 is 7.24. The highest BCUT2D eigenvalue weighted by molar-refractivity contribution is 5.96. The van der Waals surface area contributed by atoms with Gasteiger partial charge in [-0.05, 0) is 33.1 Å². The molecule has 0 aliphatic carbocycles. The first kappa shape index (κ1) is 14.8. The van der Waals surface area contributed by atoms with E-state index in [2.05, 4.69) is 10.1 Å². The fraction of sp³-hybridized carbons (Fsp3) is 0.562. The van der Waals surface area contributed by atoms with Gasteiger partial charge in [0.1, 0.15) is 17.1 Å². The summed E-state index contributed by atoms with van der Waals surface area (Å²) in [5, 5.41) is 4.00. The van der Waals surface area contributed by atoms with E-state index in [1.165, 1.54) is 0 Å². The molecule has 118 valence electrons. The topological polar surface area (TPSA) is 64.2 Å². The first-order chi connectivity index (χ1) is 10.5. The molecule has 6 nitrogen and oxygen atoms in total. The molecule has 0 aromatic carbocycles. The Morgan fingerprint density at radius 3 is 2.86 bits per heavy atom. The minimum Gasteiger partial charge on any atom is -0.361 e. The zero-order chi connectivity index (χ0) is 15.9. The summed E-state index contributed by atoms with van der Waals surface area (Å²) in [5.74, 6) is 1.57. The van der Waals surface area contributed by atoms with Crippen LogP contribution in [0.4, 0.5) is 0 Å². The van der Waals surface area contributed by atoms with E-state index in [0.717, 1.165) is 36.6 Å². The van der Waals surface area contributed by atoms with Crippen molar-refractivity contribution in [3.05, 3.63) is 34.7 Å². The monoisotopic (exact) mass is 302 g/mol. The van der Waals surface area contributed by atoms with Crippen LogP contribution in [0, 0.1) is 13.8 Å². The van der Waals surface area contributed by atoms with Crippen molar-refractivity contribution in [2.75, 3.05) is 6.54 Å². The number of rotatable bonds is 3. The number of carbonyl (C=O) groups excluding carboxylic acids is 1. The van der Waals surface area contributed by atoms with Crippen LogP contribution in [0.1, 0.15) is 59.1 Å². The molecule has 2 aromatic heterocycles. The number of aryl methyl sites for hydroxylation is 4. The smallest absolute Gasteiger partial charge is 0.260 e. The van der Waals surface area contributed by atoms with E-state index in [0.29, 0.717) is 17.7 Å². The van der Waals surface area contributed by atoms with Gasteiger partial charge in [-0.1, -0.05) is 12.1 Å². The summed E-state index contributed by atoms with van der Waals surface area (Å²) in [4.78, 5) is 19.5. The number of hydrogen-bond acceptors (Lipinski definition) is 4. The molecular formula is C16H22N4O2. The second-order valence-electron chi connectivity index (χ2n) is 5.92. The number of amides is 1. The minimum absolute atomic E-state index is 0.0127. The summed E-state index contributed by atoms with van der Waals surface area (Å²) in [6.07, 6.45) is 4.63. The summed E-state index contributed by atoms with van der Waals surface area (Å²) in [6.45, 7) is 6.51. The lowest BCUT2D eigenvalue weighted by Crippen LogP contribution is -2.32. The molecule has 1 unspecified atom stereocenters. The zero-order valence-electron chi connectivity index (χ0n) is 13.6. The lowest BCUT2D eigenvalue weighted by atomic mass is 10.1. The van der Waals surface area contributed by atoms with E-state index >= 15 is 0 Å². The molecule has 0 spiro atoms. The van der Waals surface area contributed by atoms with Crippen LogP contribution in [-0.4, -0.2) is 32.1 Å². The highest BCUT2D eigenvalue weighted by Gasteiger charge is 2.35. The Balaban J connectivity index is 1.94. The highest BCUT2D eigenvalue weighted by atomic mass is 16.5. The lowest BCUT2D eigenvalue weighted by molar-refractivity contribution is 0.0725. The first-order valence-corrected chi connectivity index (χ1v) is 7.78. The van der Waals surface area contributed by atoms with Gasteiger partial charge in [0.2, 0.25) is 0 Å². The Kier molecular flexibility index (Phi) is 3.76. The number of nitrogens with zero attached hydrogens (tertiary/aromatic N) is 4. The molecule has 6 heteroatoms. The van der Waals surface area contributed by atoms with Gasteiger partial charge in [0, 0.05) is 19.8 Å². The van der Waals surface area contributed by atoms with Crippen molar-refractivity contribution in [1.29, 1.82) is 0 Å². The summed E-state index contributed by atoms with van der Waals surface area (Å²) >= 11 is 0. The fourth-order valence-corrected chi connectivity index (χ4v) is 3.30. The van der Waals surface area contributed by atoms with E-state index in [1.54, 1.807) is 6.92 Å². The average molecular weight is 302 g/mol. The van der Waals surface area contributed by atoms with Crippen molar-refractivity contribution in [2.24, 2.45) is 7.05 Å². The van der Waals surface area contributed by atoms with Crippen LogP contribution in [0.15, 0.2) is 10.7 Å². The molecule has 0 saturated carbocycles. The minimum atomic E-state index is 0.0127. The van der Waals surface area contributed by atoms with Crippen LogP contribution in [-0.2, 0) is 13.5 Å². The standard InChI is InChI=1S/C16H22N4O2/c1-5-12-14(11(3)22-18-12)16(21)20-8-6-7-13(20)15-17-10(2)9-19(15)4/h9,13H,5-8H2,1-4H3. The van der Waals surface area contributed by atoms with Crippen molar-refractivity contribution >= 4 is 5.91 Å². The molecule has 3 heterocycles. The Bertz CT molecular complexity index is 701. The molecule has 1 aliphatic rings. The van der Waals surface area contributed by atoms with Gasteiger partial charge in [0.05, 0.1) is 17.4 Å². The van der Waals surface area contributed by atoms with Gasteiger partial charge in [-0.2, -0.15) is 0 Å². The van der Waals surface area contributed by atoms with Crippen molar-refractivity contribution in [2.45, 2.75) is 46.1 Å². The van der Waals surface area contributed by atoms with Crippen LogP contribution in [0.2, 0.25) is 0 Å². The number of carbonyl (C=O) groups is 1. The van der Waals surface area contributed by atoms with Crippen LogP contribution in [0.5, 0.6) is 0 Å². The Morgan fingerprint density at radius 1 is 1.45 bits per heavy atom. The average Bonchev–Trinajstić information content (AvgIpc) is 3.16. The van der Waals surface area contributed by atoms with Crippen LogP contribution in [0.25, 0.3) is 0 Å².